The molecule has 0 radical (unpaired) electrons. The van der Waals surface area contributed by atoms with Gasteiger partial charge in [-0.1, -0.05) is 41.3 Å². The van der Waals surface area contributed by atoms with E-state index in [-0.39, 0.29) is 30.6 Å². The van der Waals surface area contributed by atoms with Crippen LogP contribution in [0.4, 0.5) is 5.69 Å². The minimum atomic E-state index is -0.469. The number of nitrogens with one attached hydrogen (secondary N) is 2. The topological polar surface area (TPSA) is 105 Å². The van der Waals surface area contributed by atoms with Crippen LogP contribution in [0.5, 0.6) is 5.75 Å². The minimum absolute atomic E-state index is 0.0365. The van der Waals surface area contributed by atoms with Gasteiger partial charge in [-0.3, -0.25) is 18.8 Å². The molecule has 0 saturated heterocycles. The Morgan fingerprint density at radius 3 is 2.60 bits per heavy atom. The number of benzene rings is 2. The van der Waals surface area contributed by atoms with E-state index in [2.05, 4.69) is 37.5 Å². The number of imidazole rings is 1. The van der Waals surface area contributed by atoms with Crippen molar-refractivity contribution in [1.29, 1.82) is 0 Å². The molecule has 0 atom stereocenters. The van der Waals surface area contributed by atoms with Gasteiger partial charge in [-0.15, -0.1) is 6.42 Å². The number of hydrogen-bond acceptors (Lipinski definition) is 5. The fraction of sp³-hybridized carbons (Fsp3) is 0.161. The standard InChI is InChI=1S/C31H26BrCl2N5O4/c1-4-15-35-31(42)21-10-7-20(8-11-21)9-14-26(40)36-17-27(41)38(3)24-13-12-23(33)22(28(24)34)18-43-25-6-5-16-39-29(32)19(2)37-30(25)39/h1,5-14,16H,15,17-18H2,2-3H3,(H,35,42)(H,36,40). The van der Waals surface area contributed by atoms with Gasteiger partial charge >= 0.3 is 0 Å². The van der Waals surface area contributed by atoms with Crippen molar-refractivity contribution in [2.24, 2.45) is 0 Å². The number of carbonyl (C=O) groups is 3. The van der Waals surface area contributed by atoms with Crippen molar-refractivity contribution < 1.29 is 19.1 Å². The maximum atomic E-state index is 12.9. The van der Waals surface area contributed by atoms with E-state index in [1.54, 1.807) is 55.6 Å². The van der Waals surface area contributed by atoms with Gasteiger partial charge in [-0.25, -0.2) is 4.98 Å². The Morgan fingerprint density at radius 1 is 1.14 bits per heavy atom. The molecular formula is C31H26BrCl2N5O4. The molecule has 2 N–H and O–H groups in total. The third-order valence-electron chi connectivity index (χ3n) is 6.35. The first-order chi connectivity index (χ1) is 20.6. The van der Waals surface area contributed by atoms with Crippen LogP contribution >= 0.6 is 39.1 Å². The molecule has 2 aromatic carbocycles. The molecule has 0 bridgehead atoms. The van der Waals surface area contributed by atoms with E-state index in [1.807, 2.05) is 23.6 Å². The first kappa shape index (κ1) is 31.6. The molecule has 4 rings (SSSR count). The summed E-state index contributed by atoms with van der Waals surface area (Å²) >= 11 is 16.6. The Hall–Kier alpha value is -4.30. The van der Waals surface area contributed by atoms with Gasteiger partial charge in [0.1, 0.15) is 11.2 Å². The van der Waals surface area contributed by atoms with Crippen LogP contribution in [-0.2, 0) is 16.2 Å². The zero-order chi connectivity index (χ0) is 31.1. The second-order valence-corrected chi connectivity index (χ2v) is 10.8. The van der Waals surface area contributed by atoms with Gasteiger partial charge in [0.15, 0.2) is 11.4 Å². The fourth-order valence-corrected chi connectivity index (χ4v) is 4.97. The molecule has 0 aliphatic rings. The lowest BCUT2D eigenvalue weighted by molar-refractivity contribution is -0.122. The molecule has 2 aromatic heterocycles. The Labute approximate surface area is 267 Å². The SMILES string of the molecule is C#CCNC(=O)c1ccc(C=CC(=O)NCC(=O)N(C)c2ccc(Cl)c(COc3cccn4c(Br)c(C)nc34)c2Cl)cc1. The number of carbonyl (C=O) groups excluding carboxylic acids is 3. The van der Waals surface area contributed by atoms with Crippen LogP contribution < -0.4 is 20.3 Å². The summed E-state index contributed by atoms with van der Waals surface area (Å²) < 4.78 is 8.72. The number of pyridine rings is 1. The second kappa shape index (κ2) is 14.2. The summed E-state index contributed by atoms with van der Waals surface area (Å²) in [5, 5.41) is 5.77. The van der Waals surface area contributed by atoms with E-state index in [4.69, 9.17) is 34.4 Å². The smallest absolute Gasteiger partial charge is 0.252 e. The summed E-state index contributed by atoms with van der Waals surface area (Å²) in [7, 11) is 1.55. The van der Waals surface area contributed by atoms with Crippen LogP contribution in [-0.4, -0.2) is 47.2 Å². The molecule has 0 fully saturated rings. The molecule has 2 heterocycles. The van der Waals surface area contributed by atoms with Gasteiger partial charge in [-0.2, -0.15) is 0 Å². The van der Waals surface area contributed by atoms with Crippen molar-refractivity contribution in [1.82, 2.24) is 20.0 Å². The molecule has 0 spiro atoms. The molecule has 0 aliphatic heterocycles. The van der Waals surface area contributed by atoms with E-state index in [0.717, 1.165) is 10.3 Å². The number of nitrogens with zero attached hydrogens (tertiary/aromatic N) is 3. The maximum absolute atomic E-state index is 12.9. The molecule has 220 valence electrons. The van der Waals surface area contributed by atoms with Crippen LogP contribution in [0.1, 0.15) is 27.2 Å². The number of rotatable bonds is 10. The van der Waals surface area contributed by atoms with Crippen molar-refractivity contribution in [2.45, 2.75) is 13.5 Å². The third-order valence-corrected chi connectivity index (χ3v) is 8.08. The summed E-state index contributed by atoms with van der Waals surface area (Å²) in [6.07, 6.45) is 9.88. The average Bonchev–Trinajstić information content (AvgIpc) is 3.30. The Kier molecular flexibility index (Phi) is 10.5. The van der Waals surface area contributed by atoms with Crippen molar-refractivity contribution in [3.05, 3.63) is 97.8 Å². The zero-order valence-corrected chi connectivity index (χ0v) is 26.3. The largest absolute Gasteiger partial charge is 0.485 e. The highest BCUT2D eigenvalue weighted by Gasteiger charge is 2.20. The molecule has 12 heteroatoms. The number of hydrogen-bond donors (Lipinski definition) is 2. The van der Waals surface area contributed by atoms with Crippen LogP contribution in [0.2, 0.25) is 10.0 Å². The molecular weight excluding hydrogens is 657 g/mol. The molecule has 43 heavy (non-hydrogen) atoms. The maximum Gasteiger partial charge on any atom is 0.252 e. The number of terminal acetylenes is 1. The number of anilines is 1. The summed E-state index contributed by atoms with van der Waals surface area (Å²) in [4.78, 5) is 43.1. The fourth-order valence-electron chi connectivity index (χ4n) is 3.99. The first-order valence-corrected chi connectivity index (χ1v) is 14.4. The molecule has 9 nitrogen and oxygen atoms in total. The number of fused-ring (bicyclic) bond motifs is 1. The summed E-state index contributed by atoms with van der Waals surface area (Å²) in [5.41, 5.74) is 3.49. The Balaban J connectivity index is 1.36. The number of ether oxygens (including phenoxy) is 1. The van der Waals surface area contributed by atoms with Gasteiger partial charge < -0.3 is 20.3 Å². The van der Waals surface area contributed by atoms with Crippen molar-refractivity contribution in [3.8, 4) is 18.1 Å². The summed E-state index contributed by atoms with van der Waals surface area (Å²) in [5.74, 6) is 1.72. The van der Waals surface area contributed by atoms with E-state index in [0.29, 0.717) is 38.8 Å². The lowest BCUT2D eigenvalue weighted by Crippen LogP contribution is -2.37. The molecule has 4 aromatic rings. The average molecular weight is 683 g/mol. The van der Waals surface area contributed by atoms with Gasteiger partial charge in [0.2, 0.25) is 11.8 Å². The lowest BCUT2D eigenvalue weighted by atomic mass is 10.1. The normalized spacial score (nSPS) is 10.9. The number of halogens is 3. The number of amides is 3. The molecule has 0 saturated carbocycles. The Bertz CT molecular complexity index is 1760. The van der Waals surface area contributed by atoms with Crippen LogP contribution in [0.3, 0.4) is 0 Å². The number of likely N-dealkylation sites (N-methyl/N-ethyl adjacent to an activating group) is 1. The van der Waals surface area contributed by atoms with E-state index in [9.17, 15) is 14.4 Å². The van der Waals surface area contributed by atoms with Gasteiger partial charge in [0, 0.05) is 35.5 Å². The predicted molar refractivity (Wildman–Crippen MR) is 171 cm³/mol. The summed E-state index contributed by atoms with van der Waals surface area (Å²) in [6, 6.07) is 13.5. The number of aromatic nitrogens is 2. The van der Waals surface area contributed by atoms with Crippen molar-refractivity contribution >= 4 is 74.3 Å². The summed E-state index contributed by atoms with van der Waals surface area (Å²) in [6.45, 7) is 1.79. The zero-order valence-electron chi connectivity index (χ0n) is 23.2. The minimum Gasteiger partial charge on any atom is -0.485 e. The predicted octanol–water partition coefficient (Wildman–Crippen LogP) is 5.45. The third kappa shape index (κ3) is 7.56. The van der Waals surface area contributed by atoms with Crippen LogP contribution in [0, 0.1) is 19.3 Å². The van der Waals surface area contributed by atoms with E-state index >= 15 is 0 Å². The monoisotopic (exact) mass is 681 g/mol. The Morgan fingerprint density at radius 2 is 1.88 bits per heavy atom. The van der Waals surface area contributed by atoms with Gasteiger partial charge in [-0.05, 0) is 70.9 Å². The van der Waals surface area contributed by atoms with E-state index in [1.165, 1.54) is 11.0 Å². The van der Waals surface area contributed by atoms with E-state index < -0.39 is 11.8 Å². The van der Waals surface area contributed by atoms with Crippen LogP contribution in [0.25, 0.3) is 11.7 Å². The molecule has 0 aliphatic carbocycles. The first-order valence-electron chi connectivity index (χ1n) is 12.9. The number of aryl methyl sites for hydroxylation is 1. The molecule has 3 amide bonds. The molecule has 0 unspecified atom stereocenters. The quantitative estimate of drug-likeness (QED) is 0.171. The van der Waals surface area contributed by atoms with Gasteiger partial charge in [0.05, 0.1) is 29.5 Å². The van der Waals surface area contributed by atoms with Crippen molar-refractivity contribution in [3.63, 3.8) is 0 Å². The lowest BCUT2D eigenvalue weighted by Gasteiger charge is -2.21. The van der Waals surface area contributed by atoms with Gasteiger partial charge in [0.25, 0.3) is 5.91 Å². The van der Waals surface area contributed by atoms with Crippen LogP contribution in [0.15, 0.2) is 65.4 Å². The highest BCUT2D eigenvalue weighted by atomic mass is 79.9. The highest BCUT2D eigenvalue weighted by molar-refractivity contribution is 9.10. The second-order valence-electron chi connectivity index (χ2n) is 9.21. The van der Waals surface area contributed by atoms with Crippen molar-refractivity contribution in [2.75, 3.05) is 25.0 Å². The highest BCUT2D eigenvalue weighted by Crippen LogP contribution is 2.35.